The molecule has 0 saturated heterocycles. The number of hydrogen-bond donors (Lipinski definition) is 1. The van der Waals surface area contributed by atoms with Crippen molar-refractivity contribution in [2.75, 3.05) is 53.4 Å². The van der Waals surface area contributed by atoms with Crippen molar-refractivity contribution in [1.82, 2.24) is 9.88 Å². The number of likely N-dealkylation sites (N-methyl/N-ethyl adjacent to an activating group) is 2. The Morgan fingerprint density at radius 2 is 1.63 bits per heavy atom. The Labute approximate surface area is 223 Å². The predicted molar refractivity (Wildman–Crippen MR) is 153 cm³/mol. The molecule has 0 radical (unpaired) electrons. The number of terminal acetylenes is 1. The van der Waals surface area contributed by atoms with Crippen molar-refractivity contribution < 1.29 is 14.3 Å². The van der Waals surface area contributed by atoms with Crippen LogP contribution in [-0.4, -0.2) is 64.0 Å². The molecule has 1 aliphatic rings. The number of methoxy groups -OCH3 is 2. The third-order valence-corrected chi connectivity index (χ3v) is 6.89. The van der Waals surface area contributed by atoms with Crippen LogP contribution < -0.4 is 14.4 Å². The maximum absolute atomic E-state index is 6.02. The van der Waals surface area contributed by atoms with E-state index in [9.17, 15) is 0 Å². The number of rotatable bonds is 9. The Bertz CT molecular complexity index is 1530. The summed E-state index contributed by atoms with van der Waals surface area (Å²) >= 11 is 0. The summed E-state index contributed by atoms with van der Waals surface area (Å²) < 4.78 is 11.2. The van der Waals surface area contributed by atoms with Gasteiger partial charge in [0, 0.05) is 59.0 Å². The van der Waals surface area contributed by atoms with Gasteiger partial charge in [0.2, 0.25) is 6.10 Å². The zero-order valence-corrected chi connectivity index (χ0v) is 22.4. The van der Waals surface area contributed by atoms with Crippen LogP contribution in [0.2, 0.25) is 0 Å². The molecule has 0 amide bonds. The van der Waals surface area contributed by atoms with E-state index >= 15 is 0 Å². The maximum atomic E-state index is 6.02. The molecule has 4 aromatic rings. The van der Waals surface area contributed by atoms with Crippen molar-refractivity contribution >= 4 is 22.3 Å². The number of hydrogen-bond acceptors (Lipinski definition) is 6. The van der Waals surface area contributed by atoms with Crippen molar-refractivity contribution in [2.45, 2.75) is 6.10 Å². The Kier molecular flexibility index (Phi) is 6.99. The van der Waals surface area contributed by atoms with E-state index in [1.807, 2.05) is 42.5 Å². The summed E-state index contributed by atoms with van der Waals surface area (Å²) in [6.07, 6.45) is 5.22. The number of benzene rings is 3. The van der Waals surface area contributed by atoms with Crippen LogP contribution >= 0.6 is 0 Å². The molecule has 7 nitrogen and oxygen atoms in total. The molecular weight excluding hydrogens is 476 g/mol. The summed E-state index contributed by atoms with van der Waals surface area (Å²) in [5, 5.41) is 5.74. The minimum absolute atomic E-state index is 0.616. The van der Waals surface area contributed by atoms with Gasteiger partial charge < -0.3 is 29.1 Å². The van der Waals surface area contributed by atoms with Crippen LogP contribution in [-0.2, 0) is 4.84 Å². The zero-order valence-electron chi connectivity index (χ0n) is 22.4. The van der Waals surface area contributed by atoms with Gasteiger partial charge in [-0.3, -0.25) is 0 Å². The normalized spacial score (nSPS) is 13.8. The largest absolute Gasteiger partial charge is 0.493 e. The van der Waals surface area contributed by atoms with Gasteiger partial charge in [-0.1, -0.05) is 41.4 Å². The highest BCUT2D eigenvalue weighted by atomic mass is 16.6. The third kappa shape index (κ3) is 4.55. The number of aromatic nitrogens is 1. The molecule has 0 saturated carbocycles. The van der Waals surface area contributed by atoms with Crippen LogP contribution in [0.4, 0.5) is 5.69 Å². The number of nitrogens with zero attached hydrogens (tertiary/aromatic N) is 3. The van der Waals surface area contributed by atoms with Gasteiger partial charge in [0.25, 0.3) is 0 Å². The molecule has 5 rings (SSSR count). The van der Waals surface area contributed by atoms with E-state index in [0.29, 0.717) is 17.2 Å². The fourth-order valence-electron chi connectivity index (χ4n) is 4.78. The Morgan fingerprint density at radius 3 is 2.29 bits per heavy atom. The van der Waals surface area contributed by atoms with E-state index < -0.39 is 6.10 Å². The van der Waals surface area contributed by atoms with Crippen LogP contribution in [0.5, 0.6) is 11.5 Å². The molecule has 194 valence electrons. The highest BCUT2D eigenvalue weighted by Crippen LogP contribution is 2.46. The quantitative estimate of drug-likeness (QED) is 0.216. The molecule has 1 unspecified atom stereocenters. The van der Waals surface area contributed by atoms with Gasteiger partial charge in [-0.15, -0.1) is 6.42 Å². The van der Waals surface area contributed by atoms with Gasteiger partial charge in [0.1, 0.15) is 5.71 Å². The molecule has 0 bridgehead atoms. The van der Waals surface area contributed by atoms with Crippen LogP contribution in [0.25, 0.3) is 22.2 Å². The van der Waals surface area contributed by atoms with E-state index in [1.165, 1.54) is 0 Å². The monoisotopic (exact) mass is 508 g/mol. The smallest absolute Gasteiger partial charge is 0.212 e. The van der Waals surface area contributed by atoms with Crippen LogP contribution in [0.1, 0.15) is 22.8 Å². The zero-order chi connectivity index (χ0) is 26.8. The van der Waals surface area contributed by atoms with E-state index in [-0.39, 0.29) is 0 Å². The number of oxime groups is 1. The first kappa shape index (κ1) is 25.2. The van der Waals surface area contributed by atoms with Gasteiger partial charge in [0.15, 0.2) is 11.5 Å². The second-order valence-electron chi connectivity index (χ2n) is 9.59. The summed E-state index contributed by atoms with van der Waals surface area (Å²) in [7, 11) is 9.53. The molecule has 1 heterocycles. The molecule has 1 aliphatic carbocycles. The summed E-state index contributed by atoms with van der Waals surface area (Å²) in [5.41, 5.74) is 7.50. The molecule has 3 aromatic carbocycles. The number of H-pyrrole nitrogens is 1. The average molecular weight is 509 g/mol. The molecule has 1 aromatic heterocycles. The Hall–Kier alpha value is -4.41. The van der Waals surface area contributed by atoms with Gasteiger partial charge in [-0.25, -0.2) is 0 Å². The lowest BCUT2D eigenvalue weighted by molar-refractivity contribution is 0.100. The van der Waals surface area contributed by atoms with Gasteiger partial charge in [-0.05, 0) is 44.4 Å². The van der Waals surface area contributed by atoms with Crippen LogP contribution in [0.15, 0.2) is 65.8 Å². The standard InChI is InChI=1S/C31H32N4O3/c1-7-26(20-11-9-8-10-12-20)38-33-31-23-19-28(37-6)27(36-5)18-22(23)30-29(31)24-17-21(13-14-25(24)32-30)35(4)16-15-34(2)3/h1,8-14,17-19,26,32H,15-16H2,2-6H3/b33-31-. The van der Waals surface area contributed by atoms with Crippen molar-refractivity contribution in [3.8, 4) is 35.1 Å². The molecule has 1 N–H and O–H groups in total. The van der Waals surface area contributed by atoms with E-state index in [2.05, 4.69) is 65.2 Å². The Balaban J connectivity index is 1.64. The Morgan fingerprint density at radius 1 is 0.921 bits per heavy atom. The third-order valence-electron chi connectivity index (χ3n) is 6.89. The lowest BCUT2D eigenvalue weighted by Gasteiger charge is -2.21. The first-order chi connectivity index (χ1) is 18.4. The van der Waals surface area contributed by atoms with Crippen LogP contribution in [0.3, 0.4) is 0 Å². The highest BCUT2D eigenvalue weighted by Gasteiger charge is 2.32. The van der Waals surface area contributed by atoms with E-state index in [1.54, 1.807) is 14.2 Å². The second kappa shape index (κ2) is 10.5. The molecule has 0 aliphatic heterocycles. The summed E-state index contributed by atoms with van der Waals surface area (Å²) in [5.74, 6) is 3.98. The molecule has 0 fully saturated rings. The maximum Gasteiger partial charge on any atom is 0.212 e. The molecule has 1 atom stereocenters. The number of anilines is 1. The van der Waals surface area contributed by atoms with Gasteiger partial charge in [0.05, 0.1) is 19.9 Å². The first-order valence-electron chi connectivity index (χ1n) is 12.5. The minimum Gasteiger partial charge on any atom is -0.493 e. The van der Waals surface area contributed by atoms with Crippen molar-refractivity contribution in [1.29, 1.82) is 0 Å². The number of ether oxygens (including phenoxy) is 2. The van der Waals surface area contributed by atoms with Gasteiger partial charge in [-0.2, -0.15) is 0 Å². The fraction of sp³-hybridized carbons (Fsp3) is 0.258. The van der Waals surface area contributed by atoms with Crippen molar-refractivity contribution in [3.63, 3.8) is 0 Å². The number of aromatic amines is 1. The minimum atomic E-state index is -0.616. The van der Waals surface area contributed by atoms with Crippen molar-refractivity contribution in [2.24, 2.45) is 5.16 Å². The lowest BCUT2D eigenvalue weighted by Crippen LogP contribution is -2.28. The topological polar surface area (TPSA) is 62.3 Å². The van der Waals surface area contributed by atoms with Crippen LogP contribution in [0, 0.1) is 12.3 Å². The fourth-order valence-corrected chi connectivity index (χ4v) is 4.78. The molecular formula is C31H32N4O3. The SMILES string of the molecule is C#CC(O/N=C1/c2cc(OC)c(OC)cc2-c2[nH]c3ccc(N(C)CCN(C)C)cc3c21)c1ccccc1. The number of fused-ring (bicyclic) bond motifs is 5. The van der Waals surface area contributed by atoms with Crippen molar-refractivity contribution in [3.05, 3.63) is 77.4 Å². The highest BCUT2D eigenvalue weighted by molar-refractivity contribution is 6.30. The molecule has 0 spiro atoms. The molecule has 38 heavy (non-hydrogen) atoms. The lowest BCUT2D eigenvalue weighted by atomic mass is 10.0. The molecule has 7 heteroatoms. The summed E-state index contributed by atoms with van der Waals surface area (Å²) in [6, 6.07) is 20.1. The second-order valence-corrected chi connectivity index (χ2v) is 9.59. The predicted octanol–water partition coefficient (Wildman–Crippen LogP) is 5.31. The van der Waals surface area contributed by atoms with E-state index in [0.717, 1.165) is 57.6 Å². The number of nitrogens with one attached hydrogen (secondary N) is 1. The first-order valence-corrected chi connectivity index (χ1v) is 12.5. The van der Waals surface area contributed by atoms with Gasteiger partial charge >= 0.3 is 0 Å². The van der Waals surface area contributed by atoms with E-state index in [4.69, 9.17) is 20.7 Å². The summed E-state index contributed by atoms with van der Waals surface area (Å²) in [4.78, 5) is 14.0. The summed E-state index contributed by atoms with van der Waals surface area (Å²) in [6.45, 7) is 1.86. The average Bonchev–Trinajstić information content (AvgIpc) is 3.45.